The lowest BCUT2D eigenvalue weighted by Crippen LogP contribution is -2.17. The Morgan fingerprint density at radius 3 is 2.39 bits per heavy atom. The summed E-state index contributed by atoms with van der Waals surface area (Å²) in [6.45, 7) is 0.269. The zero-order chi connectivity index (χ0) is 26.4. The van der Waals surface area contributed by atoms with E-state index in [1.807, 2.05) is 42.5 Å². The minimum absolute atomic E-state index is 0.0833. The van der Waals surface area contributed by atoms with Crippen molar-refractivity contribution in [2.75, 3.05) is 7.05 Å². The number of carbonyl (C=O) groups excluding carboxylic acids is 1. The summed E-state index contributed by atoms with van der Waals surface area (Å²) in [7, 11) is 1.63. The van der Waals surface area contributed by atoms with Crippen molar-refractivity contribution in [1.82, 2.24) is 10.5 Å². The number of halogens is 3. The van der Waals surface area contributed by atoms with Crippen LogP contribution in [0.2, 0.25) is 15.1 Å². The average molecular weight is 568 g/mol. The molecule has 1 amide bonds. The Kier molecular flexibility index (Phi) is 6.85. The molecule has 0 aliphatic heterocycles. The molecule has 2 atom stereocenters. The van der Waals surface area contributed by atoms with Crippen LogP contribution in [0.15, 0.2) is 65.2 Å². The van der Waals surface area contributed by atoms with Crippen molar-refractivity contribution in [3.8, 4) is 17.0 Å². The van der Waals surface area contributed by atoms with Gasteiger partial charge in [-0.05, 0) is 78.6 Å². The Labute approximate surface area is 236 Å². The fourth-order valence-electron chi connectivity index (χ4n) is 5.04. The van der Waals surface area contributed by atoms with Crippen molar-refractivity contribution in [3.63, 3.8) is 0 Å². The van der Waals surface area contributed by atoms with E-state index in [0.717, 1.165) is 36.1 Å². The van der Waals surface area contributed by atoms with Crippen molar-refractivity contribution >= 4 is 40.7 Å². The van der Waals surface area contributed by atoms with E-state index >= 15 is 0 Å². The monoisotopic (exact) mass is 566 g/mol. The van der Waals surface area contributed by atoms with Crippen LogP contribution in [0.3, 0.4) is 0 Å². The molecule has 38 heavy (non-hydrogen) atoms. The first-order valence-electron chi connectivity index (χ1n) is 12.6. The van der Waals surface area contributed by atoms with Gasteiger partial charge in [-0.1, -0.05) is 64.2 Å². The van der Waals surface area contributed by atoms with Gasteiger partial charge in [0.25, 0.3) is 5.91 Å². The number of amides is 1. The van der Waals surface area contributed by atoms with Crippen LogP contribution < -0.4 is 10.1 Å². The molecule has 2 aliphatic carbocycles. The van der Waals surface area contributed by atoms with Crippen LogP contribution in [0.25, 0.3) is 11.3 Å². The number of benzene rings is 3. The van der Waals surface area contributed by atoms with Crippen LogP contribution in [-0.2, 0) is 6.61 Å². The van der Waals surface area contributed by atoms with E-state index in [4.69, 9.17) is 44.1 Å². The van der Waals surface area contributed by atoms with E-state index in [-0.39, 0.29) is 12.5 Å². The molecule has 2 aliphatic rings. The molecule has 2 saturated carbocycles. The van der Waals surface area contributed by atoms with Gasteiger partial charge < -0.3 is 14.6 Å². The van der Waals surface area contributed by atoms with Gasteiger partial charge in [0.2, 0.25) is 0 Å². The lowest BCUT2D eigenvalue weighted by molar-refractivity contribution is 0.0963. The Bertz CT molecular complexity index is 1490. The summed E-state index contributed by atoms with van der Waals surface area (Å²) in [5.41, 5.74) is 5.11. The predicted molar refractivity (Wildman–Crippen MR) is 150 cm³/mol. The van der Waals surface area contributed by atoms with Gasteiger partial charge in [0.05, 0.1) is 15.6 Å². The highest BCUT2D eigenvalue weighted by atomic mass is 35.5. The molecule has 5 nitrogen and oxygen atoms in total. The fourth-order valence-corrected chi connectivity index (χ4v) is 5.92. The molecule has 1 N–H and O–H groups in total. The van der Waals surface area contributed by atoms with Crippen LogP contribution in [-0.4, -0.2) is 18.1 Å². The molecule has 3 aromatic carbocycles. The summed E-state index contributed by atoms with van der Waals surface area (Å²) in [6, 6.07) is 19.0. The van der Waals surface area contributed by atoms with E-state index in [1.54, 1.807) is 25.2 Å². The molecule has 2 unspecified atom stereocenters. The molecule has 2 fully saturated rings. The zero-order valence-electron chi connectivity index (χ0n) is 20.6. The minimum atomic E-state index is -0.0833. The van der Waals surface area contributed by atoms with Crippen LogP contribution in [0.5, 0.6) is 5.75 Å². The molecule has 0 spiro atoms. The standard InChI is InChI=1S/C30H25Cl3N2O3/c1-34-30(36)18-9-5-16(6-10-18)21-14-22(21)20-12-11-19(13-26(20)33)37-15-23-28(35-38-29(23)17-7-8-17)27-24(31)3-2-4-25(27)32/h2-6,9-13,17,21-22H,7-8,14-15H2,1H3,(H,34,36). The number of nitrogens with zero attached hydrogens (tertiary/aromatic N) is 1. The third kappa shape index (κ3) is 4.91. The predicted octanol–water partition coefficient (Wildman–Crippen LogP) is 8.39. The summed E-state index contributed by atoms with van der Waals surface area (Å²) in [5, 5.41) is 8.70. The van der Waals surface area contributed by atoms with Crippen LogP contribution in [0.1, 0.15) is 69.8 Å². The van der Waals surface area contributed by atoms with E-state index in [0.29, 0.717) is 55.4 Å². The maximum absolute atomic E-state index is 11.8. The third-order valence-corrected chi connectivity index (χ3v) is 8.30. The summed E-state index contributed by atoms with van der Waals surface area (Å²) in [4.78, 5) is 11.8. The largest absolute Gasteiger partial charge is 0.489 e. The van der Waals surface area contributed by atoms with Gasteiger partial charge in [-0.15, -0.1) is 0 Å². The van der Waals surface area contributed by atoms with Crippen LogP contribution >= 0.6 is 34.8 Å². The molecule has 0 bridgehead atoms. The Balaban J connectivity index is 1.18. The highest BCUT2D eigenvalue weighted by molar-refractivity contribution is 6.39. The maximum Gasteiger partial charge on any atom is 0.251 e. The summed E-state index contributed by atoms with van der Waals surface area (Å²) in [5.74, 6) is 2.50. The van der Waals surface area contributed by atoms with Crippen LogP contribution in [0, 0.1) is 0 Å². The summed E-state index contributed by atoms with van der Waals surface area (Å²) in [6.07, 6.45) is 3.15. The van der Waals surface area contributed by atoms with E-state index < -0.39 is 0 Å². The van der Waals surface area contributed by atoms with E-state index in [9.17, 15) is 4.79 Å². The normalized spacial score (nSPS) is 18.3. The zero-order valence-corrected chi connectivity index (χ0v) is 22.9. The Hall–Kier alpha value is -2.99. The highest BCUT2D eigenvalue weighted by Gasteiger charge is 2.40. The second-order valence-electron chi connectivity index (χ2n) is 9.87. The van der Waals surface area contributed by atoms with Gasteiger partial charge in [-0.25, -0.2) is 0 Å². The van der Waals surface area contributed by atoms with Gasteiger partial charge in [-0.2, -0.15) is 0 Å². The molecule has 8 heteroatoms. The number of hydrogen-bond acceptors (Lipinski definition) is 4. The number of rotatable bonds is 8. The van der Waals surface area contributed by atoms with Crippen molar-refractivity contribution in [1.29, 1.82) is 0 Å². The Morgan fingerprint density at radius 1 is 1.00 bits per heavy atom. The number of carbonyl (C=O) groups is 1. The quantitative estimate of drug-likeness (QED) is 0.232. The SMILES string of the molecule is CNC(=O)c1ccc(C2CC2c2ccc(OCc3c(-c4c(Cl)cccc4Cl)noc3C3CC3)cc2Cl)cc1. The second-order valence-corrected chi connectivity index (χ2v) is 11.1. The Morgan fingerprint density at radius 2 is 1.74 bits per heavy atom. The average Bonchev–Trinajstić information content (AvgIpc) is 3.85. The lowest BCUT2D eigenvalue weighted by Gasteiger charge is -2.11. The summed E-state index contributed by atoms with van der Waals surface area (Å²) >= 11 is 19.7. The summed E-state index contributed by atoms with van der Waals surface area (Å²) < 4.78 is 11.9. The molecule has 1 aromatic heterocycles. The van der Waals surface area contributed by atoms with Crippen LogP contribution in [0.4, 0.5) is 0 Å². The van der Waals surface area contributed by atoms with Crippen molar-refractivity contribution in [2.45, 2.75) is 43.6 Å². The molecular weight excluding hydrogens is 543 g/mol. The molecule has 4 aromatic rings. The number of nitrogens with one attached hydrogen (secondary N) is 1. The molecule has 1 heterocycles. The highest BCUT2D eigenvalue weighted by Crippen LogP contribution is 2.56. The first-order valence-corrected chi connectivity index (χ1v) is 13.7. The van der Waals surface area contributed by atoms with Gasteiger partial charge in [0.1, 0.15) is 23.8 Å². The first-order chi connectivity index (χ1) is 18.4. The van der Waals surface area contributed by atoms with Crippen molar-refractivity contribution in [3.05, 3.63) is 104 Å². The number of ether oxygens (including phenoxy) is 1. The fraction of sp³-hybridized carbons (Fsp3) is 0.267. The molecule has 0 radical (unpaired) electrons. The van der Waals surface area contributed by atoms with Gasteiger partial charge in [-0.3, -0.25) is 4.79 Å². The van der Waals surface area contributed by atoms with Crippen molar-refractivity contribution in [2.24, 2.45) is 0 Å². The number of hydrogen-bond donors (Lipinski definition) is 1. The third-order valence-electron chi connectivity index (χ3n) is 7.34. The molecule has 6 rings (SSSR count). The lowest BCUT2D eigenvalue weighted by atomic mass is 10.0. The molecular formula is C30H25Cl3N2O3. The molecule has 0 saturated heterocycles. The van der Waals surface area contributed by atoms with Gasteiger partial charge >= 0.3 is 0 Å². The molecule has 194 valence electrons. The first kappa shape index (κ1) is 25.3. The van der Waals surface area contributed by atoms with Gasteiger partial charge in [0, 0.05) is 29.1 Å². The smallest absolute Gasteiger partial charge is 0.251 e. The second kappa shape index (κ2) is 10.3. The van der Waals surface area contributed by atoms with Gasteiger partial charge in [0.15, 0.2) is 0 Å². The van der Waals surface area contributed by atoms with Crippen molar-refractivity contribution < 1.29 is 14.1 Å². The number of aromatic nitrogens is 1. The van der Waals surface area contributed by atoms with E-state index in [1.165, 1.54) is 5.56 Å². The maximum atomic E-state index is 11.8. The minimum Gasteiger partial charge on any atom is -0.489 e. The topological polar surface area (TPSA) is 64.4 Å². The van der Waals surface area contributed by atoms with E-state index in [2.05, 4.69) is 10.5 Å².